The molecule has 3 aromatic rings. The molecule has 0 unspecified atom stereocenters. The van der Waals surface area contributed by atoms with Gasteiger partial charge in [-0.2, -0.15) is 10.1 Å². The number of H-pyrrole nitrogens is 2. The summed E-state index contributed by atoms with van der Waals surface area (Å²) in [6, 6.07) is 7.89. The molecule has 0 radical (unpaired) electrons. The third kappa shape index (κ3) is 3.38. The predicted octanol–water partition coefficient (Wildman–Crippen LogP) is 3.23. The summed E-state index contributed by atoms with van der Waals surface area (Å²) in [5.41, 5.74) is 3.25. The number of aromatic amines is 2. The van der Waals surface area contributed by atoms with Gasteiger partial charge in [0.25, 0.3) is 0 Å². The molecule has 0 amide bonds. The number of rotatable bonds is 2. The van der Waals surface area contributed by atoms with E-state index in [-0.39, 0.29) is 5.69 Å². The first-order chi connectivity index (χ1) is 11.8. The molecule has 1 aliphatic rings. The van der Waals surface area contributed by atoms with Gasteiger partial charge in [0.1, 0.15) is 0 Å². The van der Waals surface area contributed by atoms with Gasteiger partial charge in [0.2, 0.25) is 0 Å². The molecule has 0 bridgehead atoms. The second-order valence-electron chi connectivity index (χ2n) is 5.59. The topological polar surface area (TPSA) is 83.7 Å². The molecule has 1 aliphatic heterocycles. The van der Waals surface area contributed by atoms with Crippen LogP contribution < -0.4 is 5.69 Å². The standard InChI is InChI=1S/C16H16N4O2.C2H6/c21-16-18-14(10-3-5-22-6-4-10)8-15(19-16)11-1-2-13-12(7-11)9-17-20-13;1-2/h1-2,7-10H,3-6H2,(H,17,20)(H,18,19,21);1-2H3. The first kappa shape index (κ1) is 16.4. The van der Waals surface area contributed by atoms with E-state index < -0.39 is 0 Å². The van der Waals surface area contributed by atoms with E-state index in [9.17, 15) is 4.79 Å². The van der Waals surface area contributed by atoms with Gasteiger partial charge < -0.3 is 9.72 Å². The largest absolute Gasteiger partial charge is 0.381 e. The summed E-state index contributed by atoms with van der Waals surface area (Å²) in [7, 11) is 0. The van der Waals surface area contributed by atoms with Crippen LogP contribution in [0.15, 0.2) is 35.3 Å². The Labute approximate surface area is 140 Å². The van der Waals surface area contributed by atoms with Crippen molar-refractivity contribution in [2.45, 2.75) is 32.6 Å². The minimum Gasteiger partial charge on any atom is -0.381 e. The molecule has 0 spiro atoms. The molecule has 2 aromatic heterocycles. The Morgan fingerprint density at radius 3 is 2.75 bits per heavy atom. The Morgan fingerprint density at radius 1 is 1.17 bits per heavy atom. The molecule has 1 fully saturated rings. The van der Waals surface area contributed by atoms with E-state index in [0.717, 1.165) is 48.2 Å². The number of hydrogen-bond acceptors (Lipinski definition) is 4. The van der Waals surface area contributed by atoms with Crippen LogP contribution >= 0.6 is 0 Å². The van der Waals surface area contributed by atoms with Crippen molar-refractivity contribution in [2.75, 3.05) is 13.2 Å². The van der Waals surface area contributed by atoms with Gasteiger partial charge in [-0.25, -0.2) is 4.79 Å². The number of ether oxygens (including phenoxy) is 1. The molecule has 0 atom stereocenters. The van der Waals surface area contributed by atoms with Crippen molar-refractivity contribution in [1.82, 2.24) is 20.2 Å². The van der Waals surface area contributed by atoms with E-state index in [0.29, 0.717) is 11.6 Å². The summed E-state index contributed by atoms with van der Waals surface area (Å²) in [6.07, 6.45) is 3.63. The summed E-state index contributed by atoms with van der Waals surface area (Å²) >= 11 is 0. The molecule has 3 heterocycles. The van der Waals surface area contributed by atoms with Crippen molar-refractivity contribution in [3.8, 4) is 11.3 Å². The van der Waals surface area contributed by atoms with Crippen LogP contribution in [0.3, 0.4) is 0 Å². The van der Waals surface area contributed by atoms with Crippen molar-refractivity contribution in [3.63, 3.8) is 0 Å². The van der Waals surface area contributed by atoms with Crippen molar-refractivity contribution >= 4 is 10.9 Å². The van der Waals surface area contributed by atoms with E-state index >= 15 is 0 Å². The fourth-order valence-corrected chi connectivity index (χ4v) is 2.95. The van der Waals surface area contributed by atoms with Gasteiger partial charge in [-0.3, -0.25) is 5.10 Å². The Morgan fingerprint density at radius 2 is 1.96 bits per heavy atom. The molecule has 4 rings (SSSR count). The fourth-order valence-electron chi connectivity index (χ4n) is 2.95. The van der Waals surface area contributed by atoms with Crippen LogP contribution in [0.25, 0.3) is 22.2 Å². The van der Waals surface area contributed by atoms with Crippen molar-refractivity contribution in [3.05, 3.63) is 46.6 Å². The summed E-state index contributed by atoms with van der Waals surface area (Å²) in [5, 5.41) is 7.94. The average molecular weight is 326 g/mol. The number of benzene rings is 1. The van der Waals surface area contributed by atoms with E-state index in [2.05, 4.69) is 20.2 Å². The average Bonchev–Trinajstić information content (AvgIpc) is 3.11. The quantitative estimate of drug-likeness (QED) is 0.757. The molecule has 24 heavy (non-hydrogen) atoms. The van der Waals surface area contributed by atoms with Gasteiger partial charge in [0.05, 0.1) is 17.4 Å². The lowest BCUT2D eigenvalue weighted by atomic mass is 9.95. The van der Waals surface area contributed by atoms with Crippen LogP contribution in [0.2, 0.25) is 0 Å². The summed E-state index contributed by atoms with van der Waals surface area (Å²) in [5.74, 6) is 0.334. The van der Waals surface area contributed by atoms with Crippen LogP contribution in [0.4, 0.5) is 0 Å². The van der Waals surface area contributed by atoms with Gasteiger partial charge in [0, 0.05) is 35.8 Å². The van der Waals surface area contributed by atoms with E-state index in [4.69, 9.17) is 4.74 Å². The molecule has 1 saturated heterocycles. The summed E-state index contributed by atoms with van der Waals surface area (Å²) < 4.78 is 5.39. The highest BCUT2D eigenvalue weighted by atomic mass is 16.5. The third-order valence-corrected chi connectivity index (χ3v) is 4.16. The van der Waals surface area contributed by atoms with Crippen LogP contribution in [0, 0.1) is 0 Å². The maximum atomic E-state index is 11.9. The minimum atomic E-state index is -0.300. The monoisotopic (exact) mass is 326 g/mol. The lowest BCUT2D eigenvalue weighted by molar-refractivity contribution is 0.0844. The van der Waals surface area contributed by atoms with Crippen LogP contribution in [0.1, 0.15) is 38.3 Å². The Hall–Kier alpha value is -2.47. The lowest BCUT2D eigenvalue weighted by Crippen LogP contribution is -2.20. The van der Waals surface area contributed by atoms with Crippen LogP contribution in [0.5, 0.6) is 0 Å². The molecular weight excluding hydrogens is 304 g/mol. The molecule has 6 heteroatoms. The highest BCUT2D eigenvalue weighted by Crippen LogP contribution is 2.27. The fraction of sp³-hybridized carbons (Fsp3) is 0.389. The first-order valence-corrected chi connectivity index (χ1v) is 8.42. The first-order valence-electron chi connectivity index (χ1n) is 8.42. The molecule has 1 aromatic carbocycles. The van der Waals surface area contributed by atoms with Crippen molar-refractivity contribution in [1.29, 1.82) is 0 Å². The van der Waals surface area contributed by atoms with E-state index in [1.165, 1.54) is 0 Å². The summed E-state index contributed by atoms with van der Waals surface area (Å²) in [6.45, 7) is 5.48. The van der Waals surface area contributed by atoms with Gasteiger partial charge in [-0.15, -0.1) is 0 Å². The molecule has 126 valence electrons. The van der Waals surface area contributed by atoms with Crippen molar-refractivity contribution < 1.29 is 4.74 Å². The number of fused-ring (bicyclic) bond motifs is 1. The van der Waals surface area contributed by atoms with Gasteiger partial charge >= 0.3 is 5.69 Å². The van der Waals surface area contributed by atoms with Crippen LogP contribution in [-0.4, -0.2) is 33.4 Å². The molecular formula is C18H22N4O2. The van der Waals surface area contributed by atoms with E-state index in [1.807, 2.05) is 38.1 Å². The zero-order chi connectivity index (χ0) is 16.9. The van der Waals surface area contributed by atoms with E-state index in [1.54, 1.807) is 6.20 Å². The second-order valence-corrected chi connectivity index (χ2v) is 5.59. The highest BCUT2D eigenvalue weighted by molar-refractivity contribution is 5.83. The second kappa shape index (κ2) is 7.40. The third-order valence-electron chi connectivity index (χ3n) is 4.16. The molecule has 6 nitrogen and oxygen atoms in total. The van der Waals surface area contributed by atoms with Crippen LogP contribution in [-0.2, 0) is 4.74 Å². The smallest absolute Gasteiger partial charge is 0.345 e. The highest BCUT2D eigenvalue weighted by Gasteiger charge is 2.18. The molecule has 2 N–H and O–H groups in total. The normalized spacial score (nSPS) is 15.1. The lowest BCUT2D eigenvalue weighted by Gasteiger charge is -2.22. The Bertz CT molecular complexity index is 863. The Kier molecular flexibility index (Phi) is 5.05. The zero-order valence-electron chi connectivity index (χ0n) is 14.0. The minimum absolute atomic E-state index is 0.300. The van der Waals surface area contributed by atoms with Gasteiger partial charge in [-0.05, 0) is 31.0 Å². The van der Waals surface area contributed by atoms with Crippen molar-refractivity contribution in [2.24, 2.45) is 0 Å². The SMILES string of the molecule is CC.O=c1nc(-c2ccc3[nH]ncc3c2)cc(C2CCOCC2)[nH]1. The predicted molar refractivity (Wildman–Crippen MR) is 94.1 cm³/mol. The summed E-state index contributed by atoms with van der Waals surface area (Å²) in [4.78, 5) is 18.9. The maximum Gasteiger partial charge on any atom is 0.345 e. The maximum absolute atomic E-state index is 11.9. The van der Waals surface area contributed by atoms with Gasteiger partial charge in [0.15, 0.2) is 0 Å². The number of aromatic nitrogens is 4. The number of nitrogens with zero attached hydrogens (tertiary/aromatic N) is 2. The Balaban J connectivity index is 0.000000815. The molecule has 0 saturated carbocycles. The van der Waals surface area contributed by atoms with Gasteiger partial charge in [-0.1, -0.05) is 19.9 Å². The number of hydrogen-bond donors (Lipinski definition) is 2. The molecule has 0 aliphatic carbocycles. The number of nitrogens with one attached hydrogen (secondary N) is 2. The zero-order valence-corrected chi connectivity index (χ0v) is 14.0.